The van der Waals surface area contributed by atoms with E-state index < -0.39 is 0 Å². The van der Waals surface area contributed by atoms with Gasteiger partial charge in [-0.3, -0.25) is 4.79 Å². The topological polar surface area (TPSA) is 29.1 Å². The third-order valence-electron chi connectivity index (χ3n) is 3.41. The first-order valence-corrected chi connectivity index (χ1v) is 8.16. The Morgan fingerprint density at radius 3 is 2.60 bits per heavy atom. The molecule has 0 saturated heterocycles. The lowest BCUT2D eigenvalue weighted by Gasteiger charge is -2.14. The molecule has 0 radical (unpaired) electrons. The second-order valence-electron chi connectivity index (χ2n) is 5.05. The third kappa shape index (κ3) is 6.90. The summed E-state index contributed by atoms with van der Waals surface area (Å²) in [4.78, 5) is 11.8. The highest BCUT2D eigenvalue weighted by Crippen LogP contribution is 2.12. The van der Waals surface area contributed by atoms with Crippen LogP contribution in [0.3, 0.4) is 0 Å². The lowest BCUT2D eigenvalue weighted by Crippen LogP contribution is -2.27. The molecule has 1 rings (SSSR count). The molecule has 0 aliphatic heterocycles. The molecule has 1 aromatic carbocycles. The summed E-state index contributed by atoms with van der Waals surface area (Å²) in [5.74, 6) is 0.586. The molecule has 0 saturated carbocycles. The molecule has 0 aliphatic carbocycles. The lowest BCUT2D eigenvalue weighted by atomic mass is 9.99. The van der Waals surface area contributed by atoms with Crippen molar-refractivity contribution in [2.45, 2.75) is 39.5 Å². The van der Waals surface area contributed by atoms with Crippen molar-refractivity contribution in [3.63, 3.8) is 0 Å². The molecule has 0 aliphatic rings. The Labute approximate surface area is 130 Å². The fraction of sp³-hybridized carbons (Fsp3) is 0.471. The summed E-state index contributed by atoms with van der Waals surface area (Å²) in [5.41, 5.74) is 1.03. The van der Waals surface area contributed by atoms with E-state index in [0.29, 0.717) is 5.92 Å². The average molecular weight is 338 g/mol. The van der Waals surface area contributed by atoms with Crippen LogP contribution in [0.15, 0.2) is 34.8 Å². The zero-order valence-corrected chi connectivity index (χ0v) is 13.9. The number of nitrogens with one attached hydrogen (secondary N) is 1. The van der Waals surface area contributed by atoms with Crippen LogP contribution in [0.25, 0.3) is 6.08 Å². The van der Waals surface area contributed by atoms with Crippen LogP contribution in [0.1, 0.15) is 45.1 Å². The van der Waals surface area contributed by atoms with Gasteiger partial charge in [0, 0.05) is 17.1 Å². The Balaban J connectivity index is 2.37. The van der Waals surface area contributed by atoms with E-state index >= 15 is 0 Å². The number of unbranched alkanes of at least 4 members (excludes halogenated alkanes) is 1. The van der Waals surface area contributed by atoms with E-state index in [1.54, 1.807) is 6.08 Å². The van der Waals surface area contributed by atoms with E-state index in [1.807, 2.05) is 30.3 Å². The Morgan fingerprint density at radius 2 is 2.00 bits per heavy atom. The van der Waals surface area contributed by atoms with E-state index in [-0.39, 0.29) is 5.91 Å². The van der Waals surface area contributed by atoms with Crippen LogP contribution in [-0.2, 0) is 4.79 Å². The number of benzene rings is 1. The third-order valence-corrected chi connectivity index (χ3v) is 3.93. The van der Waals surface area contributed by atoms with Gasteiger partial charge in [-0.2, -0.15) is 0 Å². The van der Waals surface area contributed by atoms with Crippen molar-refractivity contribution in [2.75, 3.05) is 6.54 Å². The summed E-state index contributed by atoms with van der Waals surface area (Å²) in [6.07, 6.45) is 8.22. The Kier molecular flexibility index (Phi) is 8.28. The van der Waals surface area contributed by atoms with Crippen molar-refractivity contribution in [3.8, 4) is 0 Å². The van der Waals surface area contributed by atoms with Crippen LogP contribution < -0.4 is 5.32 Å². The highest BCUT2D eigenvalue weighted by Gasteiger charge is 2.06. The fourth-order valence-corrected chi connectivity index (χ4v) is 2.26. The smallest absolute Gasteiger partial charge is 0.244 e. The van der Waals surface area contributed by atoms with Crippen LogP contribution in [0.2, 0.25) is 0 Å². The Hall–Kier alpha value is -1.09. The predicted molar refractivity (Wildman–Crippen MR) is 89.5 cm³/mol. The van der Waals surface area contributed by atoms with Gasteiger partial charge in [-0.15, -0.1) is 0 Å². The summed E-state index contributed by atoms with van der Waals surface area (Å²) in [6, 6.07) is 7.89. The number of carbonyl (C=O) groups is 1. The molecule has 1 aromatic rings. The van der Waals surface area contributed by atoms with Gasteiger partial charge in [-0.05, 0) is 36.1 Å². The lowest BCUT2D eigenvalue weighted by molar-refractivity contribution is -0.116. The van der Waals surface area contributed by atoms with Crippen molar-refractivity contribution in [1.82, 2.24) is 5.32 Å². The number of rotatable bonds is 8. The summed E-state index contributed by atoms with van der Waals surface area (Å²) in [7, 11) is 0. The second kappa shape index (κ2) is 9.76. The summed E-state index contributed by atoms with van der Waals surface area (Å²) >= 11 is 3.39. The van der Waals surface area contributed by atoms with Gasteiger partial charge >= 0.3 is 0 Å². The van der Waals surface area contributed by atoms with Crippen LogP contribution in [0.5, 0.6) is 0 Å². The molecule has 0 spiro atoms. The molecule has 3 heteroatoms. The summed E-state index contributed by atoms with van der Waals surface area (Å²) in [6.45, 7) is 5.16. The average Bonchev–Trinajstić information content (AvgIpc) is 2.47. The monoisotopic (exact) mass is 337 g/mol. The standard InChI is InChI=1S/C17H24BrNO/c1-3-5-6-14(4-2)13-19-17(20)12-9-15-7-10-16(18)11-8-15/h7-12,14H,3-6,13H2,1-2H3,(H,19,20)/b12-9+/t14-/m1/s1. The van der Waals surface area contributed by atoms with Gasteiger partial charge in [-0.1, -0.05) is 61.2 Å². The molecule has 0 fully saturated rings. The fourth-order valence-electron chi connectivity index (χ4n) is 1.99. The van der Waals surface area contributed by atoms with Crippen LogP contribution in [0.4, 0.5) is 0 Å². The Morgan fingerprint density at radius 1 is 1.30 bits per heavy atom. The minimum atomic E-state index is -0.0112. The maximum Gasteiger partial charge on any atom is 0.244 e. The van der Waals surface area contributed by atoms with Gasteiger partial charge in [0.15, 0.2) is 0 Å². The van der Waals surface area contributed by atoms with Gasteiger partial charge < -0.3 is 5.32 Å². The SMILES string of the molecule is CCCC[C@@H](CC)CNC(=O)/C=C/c1ccc(Br)cc1. The molecule has 1 atom stereocenters. The van der Waals surface area contributed by atoms with E-state index in [9.17, 15) is 4.79 Å². The quantitative estimate of drug-likeness (QED) is 0.678. The minimum Gasteiger partial charge on any atom is -0.352 e. The molecule has 110 valence electrons. The molecular formula is C17H24BrNO. The van der Waals surface area contributed by atoms with E-state index in [0.717, 1.165) is 23.0 Å². The van der Waals surface area contributed by atoms with Crippen molar-refractivity contribution in [1.29, 1.82) is 0 Å². The largest absolute Gasteiger partial charge is 0.352 e. The predicted octanol–water partition coefficient (Wildman–Crippen LogP) is 4.79. The molecule has 1 amide bonds. The second-order valence-corrected chi connectivity index (χ2v) is 5.96. The summed E-state index contributed by atoms with van der Waals surface area (Å²) < 4.78 is 1.04. The van der Waals surface area contributed by atoms with Gasteiger partial charge in [0.1, 0.15) is 0 Å². The van der Waals surface area contributed by atoms with Crippen LogP contribution in [0, 0.1) is 5.92 Å². The van der Waals surface area contributed by atoms with Crippen molar-refractivity contribution in [3.05, 3.63) is 40.4 Å². The van der Waals surface area contributed by atoms with Gasteiger partial charge in [0.2, 0.25) is 5.91 Å². The molecule has 0 heterocycles. The van der Waals surface area contributed by atoms with Crippen molar-refractivity contribution < 1.29 is 4.79 Å². The highest BCUT2D eigenvalue weighted by molar-refractivity contribution is 9.10. The van der Waals surface area contributed by atoms with Crippen LogP contribution >= 0.6 is 15.9 Å². The number of hydrogen-bond acceptors (Lipinski definition) is 1. The van der Waals surface area contributed by atoms with Crippen molar-refractivity contribution >= 4 is 27.9 Å². The van der Waals surface area contributed by atoms with Gasteiger partial charge in [0.25, 0.3) is 0 Å². The molecule has 2 nitrogen and oxygen atoms in total. The molecule has 0 unspecified atom stereocenters. The maximum absolute atomic E-state index is 11.8. The number of carbonyl (C=O) groups excluding carboxylic acids is 1. The highest BCUT2D eigenvalue weighted by atomic mass is 79.9. The maximum atomic E-state index is 11.8. The first-order valence-electron chi connectivity index (χ1n) is 7.37. The molecule has 1 N–H and O–H groups in total. The van der Waals surface area contributed by atoms with Crippen molar-refractivity contribution in [2.24, 2.45) is 5.92 Å². The number of hydrogen-bond donors (Lipinski definition) is 1. The van der Waals surface area contributed by atoms with Gasteiger partial charge in [-0.25, -0.2) is 0 Å². The molecule has 20 heavy (non-hydrogen) atoms. The van der Waals surface area contributed by atoms with E-state index in [1.165, 1.54) is 19.3 Å². The first kappa shape index (κ1) is 17.0. The molecular weight excluding hydrogens is 314 g/mol. The Bertz CT molecular complexity index is 425. The first-order chi connectivity index (χ1) is 9.65. The van der Waals surface area contributed by atoms with E-state index in [4.69, 9.17) is 0 Å². The van der Waals surface area contributed by atoms with Crippen LogP contribution in [-0.4, -0.2) is 12.5 Å². The van der Waals surface area contributed by atoms with E-state index in [2.05, 4.69) is 35.1 Å². The van der Waals surface area contributed by atoms with Gasteiger partial charge in [0.05, 0.1) is 0 Å². The number of amides is 1. The normalized spacial score (nSPS) is 12.6. The number of halogens is 1. The molecule has 0 aromatic heterocycles. The minimum absolute atomic E-state index is 0.0112. The zero-order chi connectivity index (χ0) is 14.8. The summed E-state index contributed by atoms with van der Waals surface area (Å²) in [5, 5.41) is 2.99. The zero-order valence-electron chi connectivity index (χ0n) is 12.4. The molecule has 0 bridgehead atoms.